The van der Waals surface area contributed by atoms with Gasteiger partial charge in [-0.3, -0.25) is 9.59 Å². The Balaban J connectivity index is 1.80. The zero-order valence-electron chi connectivity index (χ0n) is 32.5. The predicted octanol–water partition coefficient (Wildman–Crippen LogP) is 13.1. The second-order valence-electron chi connectivity index (χ2n) is 13.7. The summed E-state index contributed by atoms with van der Waals surface area (Å²) in [6, 6.07) is 6.65. The average Bonchev–Trinajstić information content (AvgIpc) is 3.12. The van der Waals surface area contributed by atoms with Crippen LogP contribution in [0, 0.1) is 0 Å². The van der Waals surface area contributed by atoms with Gasteiger partial charge >= 0.3 is 17.9 Å². The highest BCUT2D eigenvalue weighted by Gasteiger charge is 2.14. The van der Waals surface area contributed by atoms with Crippen molar-refractivity contribution in [3.05, 3.63) is 66.3 Å². The maximum absolute atomic E-state index is 12.3. The van der Waals surface area contributed by atoms with Gasteiger partial charge in [-0.25, -0.2) is 4.79 Å². The van der Waals surface area contributed by atoms with Gasteiger partial charge in [-0.05, 0) is 89.2 Å². The molecule has 51 heavy (non-hydrogen) atoms. The molecule has 0 amide bonds. The highest BCUT2D eigenvalue weighted by Crippen LogP contribution is 2.19. The number of esters is 3. The van der Waals surface area contributed by atoms with Gasteiger partial charge in [0.2, 0.25) is 0 Å². The fraction of sp³-hybridized carbons (Fsp3) is 0.667. The largest absolute Gasteiger partial charge is 0.466 e. The molecule has 0 radical (unpaired) electrons. The van der Waals surface area contributed by atoms with Gasteiger partial charge in [-0.1, -0.05) is 139 Å². The molecule has 288 valence electrons. The van der Waals surface area contributed by atoms with E-state index in [0.717, 1.165) is 70.6 Å². The first-order chi connectivity index (χ1) is 25.0. The minimum atomic E-state index is -0.459. The van der Waals surface area contributed by atoms with E-state index in [1.54, 1.807) is 24.3 Å². The van der Waals surface area contributed by atoms with Gasteiger partial charge in [0.1, 0.15) is 11.3 Å². The van der Waals surface area contributed by atoms with Gasteiger partial charge in [0.15, 0.2) is 0 Å². The number of para-hydroxylation sites is 1. The van der Waals surface area contributed by atoms with Crippen molar-refractivity contribution in [2.45, 2.75) is 181 Å². The third kappa shape index (κ3) is 30.2. The highest BCUT2D eigenvalue weighted by atomic mass is 16.5. The van der Waals surface area contributed by atoms with Crippen LogP contribution >= 0.6 is 0 Å². The molecule has 0 fully saturated rings. The number of rotatable bonds is 34. The lowest BCUT2D eigenvalue weighted by Gasteiger charge is -2.09. The highest BCUT2D eigenvalue weighted by molar-refractivity contribution is 5.93. The summed E-state index contributed by atoms with van der Waals surface area (Å²) in [6.45, 7) is 4.51. The first kappa shape index (κ1) is 45.9. The van der Waals surface area contributed by atoms with E-state index in [4.69, 9.17) is 14.2 Å². The Bertz CT molecular complexity index is 1090. The summed E-state index contributed by atoms with van der Waals surface area (Å²) >= 11 is 0. The monoisotopic (exact) mass is 709 g/mol. The number of benzene rings is 1. The Kier molecular flexibility index (Phi) is 31.7. The molecule has 1 aromatic rings. The minimum Gasteiger partial charge on any atom is -0.466 e. The van der Waals surface area contributed by atoms with Crippen LogP contribution in [0.1, 0.15) is 191 Å². The molecule has 0 atom stereocenters. The van der Waals surface area contributed by atoms with Crippen molar-refractivity contribution in [2.24, 2.45) is 0 Å². The molecule has 0 aromatic heterocycles. The molecule has 1 rings (SSSR count). The Hall–Kier alpha value is -3.15. The van der Waals surface area contributed by atoms with Crippen LogP contribution in [0.25, 0.3) is 0 Å². The number of hydrogen-bond donors (Lipinski definition) is 0. The first-order valence-electron chi connectivity index (χ1n) is 20.6. The molecule has 0 aliphatic heterocycles. The zero-order chi connectivity index (χ0) is 36.9. The average molecular weight is 709 g/mol. The van der Waals surface area contributed by atoms with Crippen molar-refractivity contribution in [1.82, 2.24) is 0 Å². The van der Waals surface area contributed by atoms with Crippen molar-refractivity contribution in [3.8, 4) is 5.75 Å². The standard InChI is InChI=1S/C45H72O6/c1-3-4-5-6-7-8-9-10-13-16-19-22-25-28-31-38-44(47)49-39-34-29-26-23-20-17-14-11-12-15-18-21-24-27-30-35-40-50-45(48)42-36-32-33-37-43(42)51-41(2)46/h7-8,10-13,32-33,36-37H,3-6,9,14-31,34-35,38-40H2,1-2H3/b8-7-,12-11?,13-10-. The molecule has 0 N–H and O–H groups in total. The van der Waals surface area contributed by atoms with Crippen molar-refractivity contribution in [3.63, 3.8) is 0 Å². The van der Waals surface area contributed by atoms with Crippen molar-refractivity contribution >= 4 is 17.9 Å². The summed E-state index contributed by atoms with van der Waals surface area (Å²) in [5, 5.41) is 0. The van der Waals surface area contributed by atoms with Crippen LogP contribution < -0.4 is 4.74 Å². The lowest BCUT2D eigenvalue weighted by atomic mass is 10.1. The van der Waals surface area contributed by atoms with Crippen molar-refractivity contribution in [2.75, 3.05) is 13.2 Å². The number of unbranched alkanes of at least 4 members (excludes halogenated alkanes) is 20. The van der Waals surface area contributed by atoms with Gasteiger partial charge in [-0.15, -0.1) is 0 Å². The summed E-state index contributed by atoms with van der Waals surface area (Å²) in [5.74, 6) is -0.693. The summed E-state index contributed by atoms with van der Waals surface area (Å²) in [7, 11) is 0. The molecule has 0 aliphatic rings. The van der Waals surface area contributed by atoms with Gasteiger partial charge in [0.05, 0.1) is 13.2 Å². The van der Waals surface area contributed by atoms with E-state index in [1.807, 2.05) is 0 Å². The normalized spacial score (nSPS) is 11.6. The molecule has 0 heterocycles. The zero-order valence-corrected chi connectivity index (χ0v) is 32.5. The second kappa shape index (κ2) is 35.3. The van der Waals surface area contributed by atoms with Crippen LogP contribution in [0.15, 0.2) is 60.7 Å². The molecule has 0 saturated heterocycles. The van der Waals surface area contributed by atoms with E-state index >= 15 is 0 Å². The van der Waals surface area contributed by atoms with E-state index in [2.05, 4.69) is 43.4 Å². The number of ether oxygens (including phenoxy) is 3. The van der Waals surface area contributed by atoms with E-state index < -0.39 is 11.9 Å². The second-order valence-corrected chi connectivity index (χ2v) is 13.7. The quantitative estimate of drug-likeness (QED) is 0.0307. The fourth-order valence-corrected chi connectivity index (χ4v) is 5.84. The fourth-order valence-electron chi connectivity index (χ4n) is 5.84. The Morgan fingerprint density at radius 3 is 1.53 bits per heavy atom. The summed E-state index contributed by atoms with van der Waals surface area (Å²) < 4.78 is 15.9. The lowest BCUT2D eigenvalue weighted by Crippen LogP contribution is -2.11. The molecule has 0 unspecified atom stereocenters. The van der Waals surface area contributed by atoms with Gasteiger partial charge in [-0.2, -0.15) is 0 Å². The summed E-state index contributed by atoms with van der Waals surface area (Å²) in [4.78, 5) is 35.5. The number of hydrogen-bond acceptors (Lipinski definition) is 6. The Labute approximate surface area is 311 Å². The van der Waals surface area contributed by atoms with Gasteiger partial charge in [0, 0.05) is 13.3 Å². The van der Waals surface area contributed by atoms with Crippen LogP contribution in [0.3, 0.4) is 0 Å². The molecule has 1 aromatic carbocycles. The molecular formula is C45H72O6. The number of carbonyl (C=O) groups excluding carboxylic acids is 3. The third-order valence-electron chi connectivity index (χ3n) is 8.89. The predicted molar refractivity (Wildman–Crippen MR) is 212 cm³/mol. The number of carbonyl (C=O) groups is 3. The van der Waals surface area contributed by atoms with Crippen LogP contribution in [-0.2, 0) is 19.1 Å². The van der Waals surface area contributed by atoms with Crippen LogP contribution in [0.4, 0.5) is 0 Å². The first-order valence-corrected chi connectivity index (χ1v) is 20.6. The van der Waals surface area contributed by atoms with E-state index in [-0.39, 0.29) is 17.3 Å². The van der Waals surface area contributed by atoms with Crippen LogP contribution in [0.5, 0.6) is 5.75 Å². The molecular weight excluding hydrogens is 636 g/mol. The van der Waals surface area contributed by atoms with Crippen LogP contribution in [-0.4, -0.2) is 31.1 Å². The smallest absolute Gasteiger partial charge is 0.341 e. The van der Waals surface area contributed by atoms with Crippen LogP contribution in [0.2, 0.25) is 0 Å². The van der Waals surface area contributed by atoms with E-state index in [1.165, 1.54) is 96.8 Å². The van der Waals surface area contributed by atoms with Gasteiger partial charge < -0.3 is 14.2 Å². The molecule has 6 heteroatoms. The Morgan fingerprint density at radius 2 is 0.980 bits per heavy atom. The molecule has 0 aliphatic carbocycles. The van der Waals surface area contributed by atoms with Crippen molar-refractivity contribution in [1.29, 1.82) is 0 Å². The minimum absolute atomic E-state index is 0.0227. The number of allylic oxidation sites excluding steroid dienone is 6. The summed E-state index contributed by atoms with van der Waals surface area (Å²) in [5.41, 5.74) is 0.283. The Morgan fingerprint density at radius 1 is 0.529 bits per heavy atom. The molecule has 0 saturated carbocycles. The van der Waals surface area contributed by atoms with Crippen molar-refractivity contribution < 1.29 is 28.6 Å². The van der Waals surface area contributed by atoms with E-state index in [0.29, 0.717) is 19.6 Å². The molecule has 6 nitrogen and oxygen atoms in total. The molecule has 0 spiro atoms. The lowest BCUT2D eigenvalue weighted by molar-refractivity contribution is -0.144. The third-order valence-corrected chi connectivity index (χ3v) is 8.89. The van der Waals surface area contributed by atoms with Gasteiger partial charge in [0.25, 0.3) is 0 Å². The summed E-state index contributed by atoms with van der Waals surface area (Å²) in [6.07, 6.45) is 43.7. The molecule has 0 bridgehead atoms. The van der Waals surface area contributed by atoms with E-state index in [9.17, 15) is 14.4 Å². The SMILES string of the molecule is CCCCC/C=C\C/C=C\CCCCCCCC(=O)OCCCCCCCCC=CCCCCCCCCOC(=O)c1ccccc1OC(C)=O. The maximum atomic E-state index is 12.3. The maximum Gasteiger partial charge on any atom is 0.341 e. The topological polar surface area (TPSA) is 78.9 Å².